The lowest BCUT2D eigenvalue weighted by Gasteiger charge is -2.20. The van der Waals surface area contributed by atoms with Crippen LogP contribution in [0.5, 0.6) is 0 Å². The Morgan fingerprint density at radius 3 is 2.09 bits per heavy atom. The van der Waals surface area contributed by atoms with Crippen LogP contribution in [0.1, 0.15) is 61.0 Å². The smallest absolute Gasteiger partial charge is 0.257 e. The van der Waals surface area contributed by atoms with E-state index in [1.165, 1.54) is 0 Å². The predicted molar refractivity (Wildman–Crippen MR) is 102 cm³/mol. The summed E-state index contributed by atoms with van der Waals surface area (Å²) in [6.45, 7) is 8.51. The second-order valence-electron chi connectivity index (χ2n) is 6.20. The molecule has 0 saturated heterocycles. The molecule has 1 N–H and O–H groups in total. The lowest BCUT2D eigenvalue weighted by Crippen LogP contribution is -2.16. The summed E-state index contributed by atoms with van der Waals surface area (Å²) >= 11 is 9.56. The Morgan fingerprint density at radius 2 is 1.61 bits per heavy atom. The van der Waals surface area contributed by atoms with Gasteiger partial charge in [0.25, 0.3) is 5.91 Å². The molecule has 1 amide bonds. The lowest BCUT2D eigenvalue weighted by molar-refractivity contribution is 0.102. The molecule has 0 fully saturated rings. The van der Waals surface area contributed by atoms with Gasteiger partial charge in [-0.1, -0.05) is 73.4 Å². The minimum Gasteiger partial charge on any atom is -0.321 e. The fourth-order valence-corrected chi connectivity index (χ4v) is 3.31. The Labute approximate surface area is 151 Å². The Kier molecular flexibility index (Phi) is 5.88. The van der Waals surface area contributed by atoms with Crippen molar-refractivity contribution in [3.63, 3.8) is 0 Å². The first kappa shape index (κ1) is 18.0. The van der Waals surface area contributed by atoms with E-state index >= 15 is 0 Å². The molecule has 4 heteroatoms. The second kappa shape index (κ2) is 7.50. The van der Waals surface area contributed by atoms with E-state index in [9.17, 15) is 4.79 Å². The van der Waals surface area contributed by atoms with Crippen LogP contribution in [0.15, 0.2) is 40.9 Å². The van der Waals surface area contributed by atoms with Gasteiger partial charge >= 0.3 is 0 Å². The van der Waals surface area contributed by atoms with Crippen molar-refractivity contribution in [3.05, 3.63) is 62.6 Å². The summed E-state index contributed by atoms with van der Waals surface area (Å²) in [6, 6.07) is 11.5. The van der Waals surface area contributed by atoms with Gasteiger partial charge in [-0.25, -0.2) is 0 Å². The monoisotopic (exact) mass is 393 g/mol. The number of hydrogen-bond acceptors (Lipinski definition) is 1. The fraction of sp³-hybridized carbons (Fsp3) is 0.316. The van der Waals surface area contributed by atoms with Crippen LogP contribution in [-0.4, -0.2) is 5.91 Å². The molecule has 2 rings (SSSR count). The van der Waals surface area contributed by atoms with Gasteiger partial charge in [0.15, 0.2) is 0 Å². The topological polar surface area (TPSA) is 29.1 Å². The van der Waals surface area contributed by atoms with Crippen LogP contribution in [0.3, 0.4) is 0 Å². The number of amides is 1. The van der Waals surface area contributed by atoms with E-state index in [2.05, 4.69) is 61.1 Å². The van der Waals surface area contributed by atoms with Crippen LogP contribution in [-0.2, 0) is 0 Å². The first-order chi connectivity index (χ1) is 10.8. The molecule has 0 aliphatic rings. The molecule has 0 bridgehead atoms. The molecule has 0 heterocycles. The highest BCUT2D eigenvalue weighted by molar-refractivity contribution is 9.10. The van der Waals surface area contributed by atoms with Gasteiger partial charge in [0.05, 0.1) is 10.6 Å². The van der Waals surface area contributed by atoms with Crippen molar-refractivity contribution in [3.8, 4) is 0 Å². The van der Waals surface area contributed by atoms with E-state index in [0.717, 1.165) is 21.3 Å². The maximum Gasteiger partial charge on any atom is 0.257 e. The van der Waals surface area contributed by atoms with E-state index in [-0.39, 0.29) is 5.91 Å². The standard InChI is InChI=1S/C19H21BrClNO/c1-11(2)14-6-5-7-15(12(3)4)18(14)22-19(23)16-9-8-13(20)10-17(16)21/h5-12H,1-4H3,(H,22,23). The van der Waals surface area contributed by atoms with Crippen molar-refractivity contribution in [2.45, 2.75) is 39.5 Å². The van der Waals surface area contributed by atoms with Gasteiger partial charge in [-0.3, -0.25) is 4.79 Å². The minimum absolute atomic E-state index is 0.183. The van der Waals surface area contributed by atoms with Gasteiger partial charge in [0.1, 0.15) is 0 Å². The fourth-order valence-electron chi connectivity index (χ4n) is 2.55. The maximum atomic E-state index is 12.7. The molecule has 2 aromatic rings. The normalized spacial score (nSPS) is 11.1. The minimum atomic E-state index is -0.183. The average Bonchev–Trinajstić information content (AvgIpc) is 2.46. The number of halogens is 2. The molecule has 2 nitrogen and oxygen atoms in total. The van der Waals surface area contributed by atoms with Gasteiger partial charge in [-0.15, -0.1) is 0 Å². The lowest BCUT2D eigenvalue weighted by atomic mass is 9.92. The molecule has 0 aliphatic heterocycles. The van der Waals surface area contributed by atoms with Crippen LogP contribution in [0.2, 0.25) is 5.02 Å². The Bertz CT molecular complexity index is 699. The summed E-state index contributed by atoms with van der Waals surface area (Å²) in [5, 5.41) is 3.51. The van der Waals surface area contributed by atoms with Gasteiger partial charge < -0.3 is 5.32 Å². The summed E-state index contributed by atoms with van der Waals surface area (Å²) in [6.07, 6.45) is 0. The Hall–Kier alpha value is -1.32. The highest BCUT2D eigenvalue weighted by Gasteiger charge is 2.18. The predicted octanol–water partition coefficient (Wildman–Crippen LogP) is 6.60. The summed E-state index contributed by atoms with van der Waals surface area (Å²) in [4.78, 5) is 12.7. The van der Waals surface area contributed by atoms with E-state index in [4.69, 9.17) is 11.6 Å². The van der Waals surface area contributed by atoms with Crippen LogP contribution < -0.4 is 5.32 Å². The van der Waals surface area contributed by atoms with E-state index in [1.807, 2.05) is 12.1 Å². The first-order valence-electron chi connectivity index (χ1n) is 7.70. The zero-order valence-electron chi connectivity index (χ0n) is 13.8. The van der Waals surface area contributed by atoms with Crippen LogP contribution >= 0.6 is 27.5 Å². The first-order valence-corrected chi connectivity index (χ1v) is 8.87. The van der Waals surface area contributed by atoms with Crippen LogP contribution in [0, 0.1) is 0 Å². The highest BCUT2D eigenvalue weighted by Crippen LogP contribution is 2.33. The summed E-state index contributed by atoms with van der Waals surface area (Å²) in [5.41, 5.74) is 3.65. The molecule has 122 valence electrons. The molecule has 0 radical (unpaired) electrons. The number of benzene rings is 2. The molecule has 0 aliphatic carbocycles. The molecule has 2 aromatic carbocycles. The number of anilines is 1. The van der Waals surface area contributed by atoms with Crippen molar-refractivity contribution in [1.29, 1.82) is 0 Å². The second-order valence-corrected chi connectivity index (χ2v) is 7.52. The molecule has 0 atom stereocenters. The Morgan fingerprint density at radius 1 is 1.04 bits per heavy atom. The number of rotatable bonds is 4. The molecule has 0 spiro atoms. The molecular formula is C19H21BrClNO. The van der Waals surface area contributed by atoms with Crippen LogP contribution in [0.4, 0.5) is 5.69 Å². The summed E-state index contributed by atoms with van der Waals surface area (Å²) < 4.78 is 0.851. The number of hydrogen-bond donors (Lipinski definition) is 1. The van der Waals surface area contributed by atoms with E-state index in [1.54, 1.807) is 12.1 Å². The van der Waals surface area contributed by atoms with Crippen LogP contribution in [0.25, 0.3) is 0 Å². The molecule has 23 heavy (non-hydrogen) atoms. The zero-order chi connectivity index (χ0) is 17.1. The molecular weight excluding hydrogens is 374 g/mol. The quantitative estimate of drug-likeness (QED) is 0.621. The van der Waals surface area contributed by atoms with Crippen molar-refractivity contribution in [2.24, 2.45) is 0 Å². The third-order valence-corrected chi connectivity index (χ3v) is 4.59. The van der Waals surface area contributed by atoms with Crippen molar-refractivity contribution in [1.82, 2.24) is 0 Å². The number of para-hydroxylation sites is 1. The van der Waals surface area contributed by atoms with Gasteiger partial charge in [-0.05, 0) is 41.2 Å². The largest absolute Gasteiger partial charge is 0.321 e. The maximum absolute atomic E-state index is 12.7. The number of carbonyl (C=O) groups is 1. The third-order valence-electron chi connectivity index (χ3n) is 3.79. The van der Waals surface area contributed by atoms with Crippen molar-refractivity contribution >= 4 is 39.1 Å². The third kappa shape index (κ3) is 4.15. The summed E-state index contributed by atoms with van der Waals surface area (Å²) in [5.74, 6) is 0.464. The zero-order valence-corrected chi connectivity index (χ0v) is 16.1. The SMILES string of the molecule is CC(C)c1cccc(C(C)C)c1NC(=O)c1ccc(Br)cc1Cl. The van der Waals surface area contributed by atoms with E-state index < -0.39 is 0 Å². The van der Waals surface area contributed by atoms with Gasteiger partial charge in [0, 0.05) is 10.2 Å². The summed E-state index contributed by atoms with van der Waals surface area (Å²) in [7, 11) is 0. The highest BCUT2D eigenvalue weighted by atomic mass is 79.9. The van der Waals surface area contributed by atoms with Crippen molar-refractivity contribution in [2.75, 3.05) is 5.32 Å². The average molecular weight is 395 g/mol. The number of carbonyl (C=O) groups excluding carboxylic acids is 1. The Balaban J connectivity index is 2.44. The van der Waals surface area contributed by atoms with Gasteiger partial charge in [-0.2, -0.15) is 0 Å². The molecule has 0 unspecified atom stereocenters. The number of nitrogens with one attached hydrogen (secondary N) is 1. The van der Waals surface area contributed by atoms with E-state index in [0.29, 0.717) is 22.4 Å². The van der Waals surface area contributed by atoms with Gasteiger partial charge in [0.2, 0.25) is 0 Å². The molecule has 0 saturated carbocycles. The van der Waals surface area contributed by atoms with Crippen molar-refractivity contribution < 1.29 is 4.79 Å². The molecule has 0 aromatic heterocycles.